The highest BCUT2D eigenvalue weighted by Gasteiger charge is 2.13. The molecule has 1 aliphatic heterocycles. The molecule has 1 saturated heterocycles. The Labute approximate surface area is 53.6 Å². The highest BCUT2D eigenvalue weighted by molar-refractivity contribution is 5.47. The zero-order valence-electron chi connectivity index (χ0n) is 5.12. The molecule has 0 aromatic rings. The second kappa shape index (κ2) is 2.80. The number of nitrogens with zero attached hydrogens (tertiary/aromatic N) is 2. The van der Waals surface area contributed by atoms with Gasteiger partial charge in [0.05, 0.1) is 0 Å². The first-order chi connectivity index (χ1) is 4.33. The van der Waals surface area contributed by atoms with Gasteiger partial charge >= 0.3 is 0 Å². The number of carbonyl (C=O) groups excluding carboxylic acids is 1. The fraction of sp³-hybridized carbons (Fsp3) is 0.800. The fourth-order valence-electron chi connectivity index (χ4n) is 0.809. The van der Waals surface area contributed by atoms with Crippen LogP contribution in [0.15, 0.2) is 0 Å². The topological polar surface area (TPSA) is 43.5 Å². The monoisotopic (exact) mass is 129 g/mol. The van der Waals surface area contributed by atoms with E-state index >= 15 is 0 Å². The second-order valence-corrected chi connectivity index (χ2v) is 2.07. The normalized spacial score (nSPS) is 22.1. The molecule has 4 heteroatoms. The van der Waals surface area contributed by atoms with Gasteiger partial charge in [-0.3, -0.25) is 4.79 Å². The van der Waals surface area contributed by atoms with Crippen LogP contribution in [-0.4, -0.2) is 42.6 Å². The zero-order chi connectivity index (χ0) is 6.69. The van der Waals surface area contributed by atoms with E-state index in [-0.39, 0.29) is 0 Å². The van der Waals surface area contributed by atoms with Crippen LogP contribution in [0.1, 0.15) is 0 Å². The molecule has 0 aromatic heterocycles. The largest absolute Gasteiger partial charge is 0.343 e. The van der Waals surface area contributed by atoms with E-state index in [1.54, 1.807) is 4.90 Å². The maximum absolute atomic E-state index is 10.5. The van der Waals surface area contributed by atoms with Gasteiger partial charge in [-0.2, -0.15) is 5.06 Å². The number of piperazine rings is 1. The number of amides is 1. The van der Waals surface area contributed by atoms with Crippen LogP contribution in [0.3, 0.4) is 0 Å². The van der Waals surface area contributed by atoms with Crippen molar-refractivity contribution in [3.05, 3.63) is 0 Å². The first-order valence-electron chi connectivity index (χ1n) is 2.94. The van der Waals surface area contributed by atoms with E-state index in [1.165, 1.54) is 0 Å². The zero-order valence-corrected chi connectivity index (χ0v) is 5.12. The Kier molecular flexibility index (Phi) is 2.02. The van der Waals surface area contributed by atoms with E-state index in [4.69, 9.17) is 0 Å². The minimum absolute atomic E-state index is 0.457. The molecule has 4 nitrogen and oxygen atoms in total. The smallest absolute Gasteiger partial charge is 0.209 e. The maximum atomic E-state index is 10.5. The van der Waals surface area contributed by atoms with Crippen LogP contribution in [0.2, 0.25) is 0 Å². The molecule has 1 radical (unpaired) electrons. The third-order valence-electron chi connectivity index (χ3n) is 1.42. The molecular weight excluding hydrogens is 120 g/mol. The van der Waals surface area contributed by atoms with Crippen LogP contribution >= 0.6 is 0 Å². The summed E-state index contributed by atoms with van der Waals surface area (Å²) < 4.78 is 0. The molecule has 0 saturated carbocycles. The Morgan fingerprint density at radius 2 is 1.67 bits per heavy atom. The molecule has 1 fully saturated rings. The van der Waals surface area contributed by atoms with E-state index in [1.807, 2.05) is 0 Å². The van der Waals surface area contributed by atoms with Crippen molar-refractivity contribution in [1.82, 2.24) is 9.96 Å². The average molecular weight is 129 g/mol. The summed E-state index contributed by atoms with van der Waals surface area (Å²) in [5.41, 5.74) is 0. The van der Waals surface area contributed by atoms with Crippen molar-refractivity contribution in [2.24, 2.45) is 0 Å². The van der Waals surface area contributed by atoms with E-state index in [0.29, 0.717) is 26.2 Å². The highest BCUT2D eigenvalue weighted by Crippen LogP contribution is 1.94. The molecule has 0 aromatic carbocycles. The van der Waals surface area contributed by atoms with E-state index < -0.39 is 0 Å². The van der Waals surface area contributed by atoms with Gasteiger partial charge in [0.2, 0.25) is 6.41 Å². The molecule has 0 aliphatic carbocycles. The van der Waals surface area contributed by atoms with Crippen LogP contribution < -0.4 is 0 Å². The van der Waals surface area contributed by atoms with Crippen molar-refractivity contribution < 1.29 is 10.0 Å². The molecule has 1 rings (SSSR count). The third kappa shape index (κ3) is 1.65. The molecule has 0 bridgehead atoms. The molecule has 51 valence electrons. The Hall–Kier alpha value is -0.610. The minimum Gasteiger partial charge on any atom is -0.343 e. The van der Waals surface area contributed by atoms with E-state index in [9.17, 15) is 10.0 Å². The van der Waals surface area contributed by atoms with Gasteiger partial charge in [-0.15, -0.1) is 5.21 Å². The van der Waals surface area contributed by atoms with Gasteiger partial charge in [-0.05, 0) is 0 Å². The number of hydrogen-bond donors (Lipinski definition) is 0. The van der Waals surface area contributed by atoms with Gasteiger partial charge < -0.3 is 4.90 Å². The Morgan fingerprint density at radius 3 is 2.11 bits per heavy atom. The number of hydrogen-bond acceptors (Lipinski definition) is 2. The predicted molar refractivity (Wildman–Crippen MR) is 29.9 cm³/mol. The van der Waals surface area contributed by atoms with Crippen molar-refractivity contribution in [3.63, 3.8) is 0 Å². The van der Waals surface area contributed by atoms with Gasteiger partial charge in [0.15, 0.2) is 0 Å². The van der Waals surface area contributed by atoms with Crippen molar-refractivity contribution >= 4 is 6.41 Å². The van der Waals surface area contributed by atoms with Gasteiger partial charge in [-0.1, -0.05) is 0 Å². The summed E-state index contributed by atoms with van der Waals surface area (Å²) in [7, 11) is 0. The molecule has 0 spiro atoms. The predicted octanol–water partition coefficient (Wildman–Crippen LogP) is -0.894. The van der Waals surface area contributed by atoms with Crippen LogP contribution in [0.25, 0.3) is 0 Å². The quantitative estimate of drug-likeness (QED) is 0.431. The lowest BCUT2D eigenvalue weighted by molar-refractivity contribution is -0.176. The molecule has 0 N–H and O–H groups in total. The van der Waals surface area contributed by atoms with Crippen LogP contribution in [0, 0.1) is 0 Å². The van der Waals surface area contributed by atoms with E-state index in [2.05, 4.69) is 0 Å². The summed E-state index contributed by atoms with van der Waals surface area (Å²) in [5.74, 6) is 0. The fourth-order valence-corrected chi connectivity index (χ4v) is 0.809. The van der Waals surface area contributed by atoms with Crippen LogP contribution in [-0.2, 0) is 10.0 Å². The number of carbonyl (C=O) groups is 1. The lowest BCUT2D eigenvalue weighted by atomic mass is 10.4. The first-order valence-corrected chi connectivity index (χ1v) is 2.94. The Balaban J connectivity index is 2.26. The summed E-state index contributed by atoms with van der Waals surface area (Å²) in [6, 6.07) is 0. The minimum atomic E-state index is 0.457. The standard InChI is InChI=1S/C5H9N2O2/c8-5-6-1-3-7(9)4-2-6/h5H,1-4H2. The van der Waals surface area contributed by atoms with Gasteiger partial charge in [0, 0.05) is 26.2 Å². The van der Waals surface area contributed by atoms with Crippen molar-refractivity contribution in [2.75, 3.05) is 26.2 Å². The summed E-state index contributed by atoms with van der Waals surface area (Å²) in [6.45, 7) is 2.07. The molecular formula is C5H9N2O2. The molecule has 0 unspecified atom stereocenters. The van der Waals surface area contributed by atoms with E-state index in [0.717, 1.165) is 11.5 Å². The van der Waals surface area contributed by atoms with Crippen LogP contribution in [0.5, 0.6) is 0 Å². The van der Waals surface area contributed by atoms with Gasteiger partial charge in [0.1, 0.15) is 0 Å². The summed E-state index contributed by atoms with van der Waals surface area (Å²) in [4.78, 5) is 11.7. The van der Waals surface area contributed by atoms with Crippen molar-refractivity contribution in [1.29, 1.82) is 0 Å². The first kappa shape index (κ1) is 6.51. The molecule has 1 amide bonds. The Morgan fingerprint density at radius 1 is 1.11 bits per heavy atom. The summed E-state index contributed by atoms with van der Waals surface area (Å²) >= 11 is 0. The third-order valence-corrected chi connectivity index (χ3v) is 1.42. The molecule has 1 aliphatic rings. The molecule has 1 heterocycles. The van der Waals surface area contributed by atoms with Gasteiger partial charge in [0.25, 0.3) is 0 Å². The van der Waals surface area contributed by atoms with Crippen molar-refractivity contribution in [3.8, 4) is 0 Å². The average Bonchev–Trinajstić information content (AvgIpc) is 1.90. The summed E-state index contributed by atoms with van der Waals surface area (Å²) in [5, 5.41) is 11.5. The number of rotatable bonds is 1. The molecule has 9 heavy (non-hydrogen) atoms. The second-order valence-electron chi connectivity index (χ2n) is 2.07. The number of hydroxylamine groups is 2. The molecule has 0 atom stereocenters. The van der Waals surface area contributed by atoms with Crippen molar-refractivity contribution in [2.45, 2.75) is 0 Å². The Bertz CT molecular complexity index is 99.1. The van der Waals surface area contributed by atoms with Gasteiger partial charge in [-0.25, -0.2) is 0 Å². The highest BCUT2D eigenvalue weighted by atomic mass is 16.5. The SMILES string of the molecule is [O]N1CCN(C=O)CC1. The lowest BCUT2D eigenvalue weighted by Gasteiger charge is -2.26. The maximum Gasteiger partial charge on any atom is 0.209 e. The van der Waals surface area contributed by atoms with Crippen LogP contribution in [0.4, 0.5) is 0 Å². The summed E-state index contributed by atoms with van der Waals surface area (Å²) in [6.07, 6.45) is 0.785. The lowest BCUT2D eigenvalue weighted by Crippen LogP contribution is -2.43.